The second kappa shape index (κ2) is 5.64. The highest BCUT2D eigenvalue weighted by Gasteiger charge is 2.23. The predicted octanol–water partition coefficient (Wildman–Crippen LogP) is 0.867. The first-order valence-corrected chi connectivity index (χ1v) is 7.68. The molecule has 104 valence electrons. The Morgan fingerprint density at radius 2 is 2.05 bits per heavy atom. The second-order valence-corrected chi connectivity index (χ2v) is 6.45. The highest BCUT2D eigenvalue weighted by atomic mass is 32.2. The third-order valence-corrected chi connectivity index (χ3v) is 4.30. The molecule has 1 aromatic rings. The Morgan fingerprint density at radius 1 is 1.42 bits per heavy atom. The monoisotopic (exact) mass is 283 g/mol. The number of hydrogen-bond acceptors (Lipinski definition) is 5. The quantitative estimate of drug-likeness (QED) is 0.886. The van der Waals surface area contributed by atoms with Gasteiger partial charge in [-0.25, -0.2) is 14.8 Å². The first-order chi connectivity index (χ1) is 8.99. The molecule has 2 heterocycles. The molecule has 1 aliphatic heterocycles. The van der Waals surface area contributed by atoms with Gasteiger partial charge in [-0.05, 0) is 0 Å². The summed E-state index contributed by atoms with van der Waals surface area (Å²) < 4.78 is 11.3. The molecule has 19 heavy (non-hydrogen) atoms. The molecule has 7 heteroatoms. The van der Waals surface area contributed by atoms with Gasteiger partial charge in [0, 0.05) is 41.3 Å². The van der Waals surface area contributed by atoms with Gasteiger partial charge in [-0.1, -0.05) is 13.8 Å². The lowest BCUT2D eigenvalue weighted by molar-refractivity contribution is 0.0690. The summed E-state index contributed by atoms with van der Waals surface area (Å²) in [5.74, 6) is 0.685. The zero-order valence-electron chi connectivity index (χ0n) is 11.0. The molecule has 0 aliphatic carbocycles. The molecule has 0 radical (unpaired) electrons. The van der Waals surface area contributed by atoms with Crippen molar-refractivity contribution in [3.05, 3.63) is 17.7 Å². The zero-order valence-corrected chi connectivity index (χ0v) is 11.8. The summed E-state index contributed by atoms with van der Waals surface area (Å²) in [6.07, 6.45) is 1.57. The molecule has 6 nitrogen and oxygen atoms in total. The Labute approximate surface area is 114 Å². The number of nitrogens with zero attached hydrogens (tertiary/aromatic N) is 3. The van der Waals surface area contributed by atoms with Crippen LogP contribution in [0, 0.1) is 0 Å². The number of carbonyl (C=O) groups is 1. The summed E-state index contributed by atoms with van der Waals surface area (Å²) >= 11 is 0. The number of aromatic carboxylic acids is 1. The van der Waals surface area contributed by atoms with E-state index in [1.165, 1.54) is 0 Å². The van der Waals surface area contributed by atoms with Gasteiger partial charge in [0.05, 0.1) is 11.9 Å². The summed E-state index contributed by atoms with van der Waals surface area (Å²) in [6.45, 7) is 5.00. The normalized spacial score (nSPS) is 16.9. The van der Waals surface area contributed by atoms with Crippen molar-refractivity contribution in [2.75, 3.05) is 29.5 Å². The fourth-order valence-electron chi connectivity index (χ4n) is 1.93. The average molecular weight is 283 g/mol. The molecule has 1 aromatic heterocycles. The summed E-state index contributed by atoms with van der Waals surface area (Å²) in [6, 6.07) is 0. The molecule has 1 N–H and O–H groups in total. The van der Waals surface area contributed by atoms with Crippen molar-refractivity contribution in [3.63, 3.8) is 0 Å². The largest absolute Gasteiger partial charge is 0.476 e. The molecule has 1 fully saturated rings. The van der Waals surface area contributed by atoms with Crippen molar-refractivity contribution >= 4 is 22.5 Å². The first kappa shape index (κ1) is 13.9. The number of anilines is 1. The minimum atomic E-state index is -1.05. The molecular weight excluding hydrogens is 266 g/mol. The summed E-state index contributed by atoms with van der Waals surface area (Å²) in [4.78, 5) is 21.6. The van der Waals surface area contributed by atoms with Crippen LogP contribution in [-0.2, 0) is 10.8 Å². The summed E-state index contributed by atoms with van der Waals surface area (Å²) in [5.41, 5.74) is 0.556. The van der Waals surface area contributed by atoms with E-state index in [1.54, 1.807) is 6.20 Å². The molecular formula is C12H17N3O3S. The lowest BCUT2D eigenvalue weighted by Gasteiger charge is -2.28. The Balaban J connectivity index is 2.34. The van der Waals surface area contributed by atoms with E-state index in [9.17, 15) is 14.1 Å². The van der Waals surface area contributed by atoms with E-state index in [0.29, 0.717) is 36.1 Å². The number of aromatic nitrogens is 2. The maximum atomic E-state index is 11.3. The Hall–Kier alpha value is -1.50. The number of carboxylic acids is 1. The topological polar surface area (TPSA) is 83.4 Å². The molecule has 0 unspecified atom stereocenters. The Morgan fingerprint density at radius 3 is 2.58 bits per heavy atom. The van der Waals surface area contributed by atoms with Gasteiger partial charge >= 0.3 is 5.97 Å². The number of rotatable bonds is 3. The van der Waals surface area contributed by atoms with Gasteiger partial charge in [0.2, 0.25) is 0 Å². The minimum absolute atomic E-state index is 0.0337. The van der Waals surface area contributed by atoms with Gasteiger partial charge in [0.25, 0.3) is 0 Å². The fourth-order valence-corrected chi connectivity index (χ4v) is 2.99. The molecule has 1 saturated heterocycles. The van der Waals surface area contributed by atoms with Crippen LogP contribution >= 0.6 is 0 Å². The lowest BCUT2D eigenvalue weighted by atomic mass is 10.2. The first-order valence-electron chi connectivity index (χ1n) is 6.19. The molecule has 0 atom stereocenters. The fraction of sp³-hybridized carbons (Fsp3) is 0.583. The van der Waals surface area contributed by atoms with E-state index in [4.69, 9.17) is 0 Å². The van der Waals surface area contributed by atoms with Crippen molar-refractivity contribution in [3.8, 4) is 0 Å². The predicted molar refractivity (Wildman–Crippen MR) is 73.2 cm³/mol. The third-order valence-electron chi connectivity index (χ3n) is 3.03. The highest BCUT2D eigenvalue weighted by Crippen LogP contribution is 2.21. The van der Waals surface area contributed by atoms with Crippen LogP contribution in [0.25, 0.3) is 0 Å². The van der Waals surface area contributed by atoms with E-state index >= 15 is 0 Å². The molecule has 0 aromatic carbocycles. The van der Waals surface area contributed by atoms with Crippen molar-refractivity contribution in [2.45, 2.75) is 19.8 Å². The molecule has 2 rings (SSSR count). The van der Waals surface area contributed by atoms with Crippen LogP contribution in [0.3, 0.4) is 0 Å². The molecule has 0 saturated carbocycles. The zero-order chi connectivity index (χ0) is 14.0. The van der Waals surface area contributed by atoms with Gasteiger partial charge in [-0.3, -0.25) is 4.21 Å². The molecule has 1 aliphatic rings. The highest BCUT2D eigenvalue weighted by molar-refractivity contribution is 7.85. The van der Waals surface area contributed by atoms with Crippen LogP contribution in [0.15, 0.2) is 6.20 Å². The van der Waals surface area contributed by atoms with E-state index in [-0.39, 0.29) is 11.6 Å². The SMILES string of the molecule is CC(C)c1ncc(N2CCS(=O)CC2)c(C(=O)O)n1. The van der Waals surface area contributed by atoms with Gasteiger partial charge < -0.3 is 10.0 Å². The molecule has 0 spiro atoms. The van der Waals surface area contributed by atoms with E-state index in [2.05, 4.69) is 9.97 Å². The average Bonchev–Trinajstić information content (AvgIpc) is 2.38. The summed E-state index contributed by atoms with van der Waals surface area (Å²) in [5, 5.41) is 9.28. The number of carboxylic acid groups (broad SMARTS) is 1. The lowest BCUT2D eigenvalue weighted by Crippen LogP contribution is -2.38. The van der Waals surface area contributed by atoms with Crippen LogP contribution < -0.4 is 4.90 Å². The van der Waals surface area contributed by atoms with Crippen molar-refractivity contribution in [1.29, 1.82) is 0 Å². The van der Waals surface area contributed by atoms with Crippen LogP contribution in [-0.4, -0.2) is 49.8 Å². The molecule has 0 bridgehead atoms. The van der Waals surface area contributed by atoms with Crippen LogP contribution in [0.1, 0.15) is 36.1 Å². The maximum Gasteiger partial charge on any atom is 0.356 e. The summed E-state index contributed by atoms with van der Waals surface area (Å²) in [7, 11) is -0.794. The third kappa shape index (κ3) is 3.09. The van der Waals surface area contributed by atoms with Crippen molar-refractivity contribution < 1.29 is 14.1 Å². The van der Waals surface area contributed by atoms with Crippen LogP contribution in [0.4, 0.5) is 5.69 Å². The Kier molecular flexibility index (Phi) is 4.14. The van der Waals surface area contributed by atoms with E-state index in [1.807, 2.05) is 18.7 Å². The van der Waals surface area contributed by atoms with E-state index < -0.39 is 16.8 Å². The van der Waals surface area contributed by atoms with Gasteiger partial charge in [-0.2, -0.15) is 0 Å². The maximum absolute atomic E-state index is 11.3. The standard InChI is InChI=1S/C12H17N3O3S/c1-8(2)11-13-7-9(10(14-11)12(16)17)15-3-5-19(18)6-4-15/h7-8H,3-6H2,1-2H3,(H,16,17). The van der Waals surface area contributed by atoms with Crippen molar-refractivity contribution in [1.82, 2.24) is 9.97 Å². The van der Waals surface area contributed by atoms with E-state index in [0.717, 1.165) is 0 Å². The minimum Gasteiger partial charge on any atom is -0.476 e. The van der Waals surface area contributed by atoms with Gasteiger partial charge in [0.1, 0.15) is 5.82 Å². The van der Waals surface area contributed by atoms with Gasteiger partial charge in [0.15, 0.2) is 5.69 Å². The molecule has 0 amide bonds. The van der Waals surface area contributed by atoms with Crippen molar-refractivity contribution in [2.24, 2.45) is 0 Å². The van der Waals surface area contributed by atoms with Crippen LogP contribution in [0.5, 0.6) is 0 Å². The second-order valence-electron chi connectivity index (χ2n) is 4.76. The smallest absolute Gasteiger partial charge is 0.356 e. The van der Waals surface area contributed by atoms with Crippen LogP contribution in [0.2, 0.25) is 0 Å². The Bertz CT molecular complexity index is 509. The van der Waals surface area contributed by atoms with Gasteiger partial charge in [-0.15, -0.1) is 0 Å². The number of hydrogen-bond donors (Lipinski definition) is 1.